The Labute approximate surface area is 151 Å². The molecule has 0 fully saturated rings. The molecule has 0 aliphatic carbocycles. The number of anilines is 1. The van der Waals surface area contributed by atoms with E-state index in [4.69, 9.17) is 16.6 Å². The van der Waals surface area contributed by atoms with Gasteiger partial charge in [-0.1, -0.05) is 41.9 Å². The number of nitriles is 1. The van der Waals surface area contributed by atoms with Gasteiger partial charge in [0, 0.05) is 22.7 Å². The number of para-hydroxylation sites is 2. The van der Waals surface area contributed by atoms with Crippen LogP contribution in [0.3, 0.4) is 0 Å². The highest BCUT2D eigenvalue weighted by molar-refractivity contribution is 6.35. The van der Waals surface area contributed by atoms with Crippen molar-refractivity contribution in [2.24, 2.45) is 4.99 Å². The number of benzene rings is 2. The van der Waals surface area contributed by atoms with E-state index in [2.05, 4.69) is 11.2 Å². The van der Waals surface area contributed by atoms with Crippen molar-refractivity contribution in [3.63, 3.8) is 0 Å². The van der Waals surface area contributed by atoms with Crippen LogP contribution in [0.2, 0.25) is 5.02 Å². The summed E-state index contributed by atoms with van der Waals surface area (Å²) < 4.78 is 0. The van der Waals surface area contributed by atoms with Gasteiger partial charge in [0.15, 0.2) is 6.19 Å². The Hall–Kier alpha value is -2.90. The van der Waals surface area contributed by atoms with Gasteiger partial charge < -0.3 is 0 Å². The maximum Gasteiger partial charge on any atom is 0.186 e. The molecule has 122 valence electrons. The van der Waals surface area contributed by atoms with E-state index < -0.39 is 5.66 Å². The molecule has 1 aliphatic heterocycles. The minimum Gasteiger partial charge on any atom is -0.255 e. The topological polar surface area (TPSA) is 52.3 Å². The fraction of sp³-hybridized carbons (Fsp3) is 0.150. The molecule has 0 saturated carbocycles. The van der Waals surface area contributed by atoms with Crippen LogP contribution in [-0.2, 0) is 0 Å². The van der Waals surface area contributed by atoms with Crippen molar-refractivity contribution in [1.82, 2.24) is 4.98 Å². The molecule has 1 aromatic heterocycles. The zero-order chi connectivity index (χ0) is 17.6. The van der Waals surface area contributed by atoms with Crippen LogP contribution in [0.15, 0.2) is 59.7 Å². The highest BCUT2D eigenvalue weighted by Crippen LogP contribution is 2.35. The largest absolute Gasteiger partial charge is 0.255 e. The highest BCUT2D eigenvalue weighted by Gasteiger charge is 2.34. The number of fused-ring (bicyclic) bond motifs is 2. The number of nitrogens with zero attached hydrogens (tertiary/aromatic N) is 4. The van der Waals surface area contributed by atoms with E-state index in [9.17, 15) is 5.26 Å². The Bertz CT molecular complexity index is 1060. The van der Waals surface area contributed by atoms with E-state index in [-0.39, 0.29) is 0 Å². The molecule has 2 heterocycles. The molecule has 5 heteroatoms. The lowest BCUT2D eigenvalue weighted by atomic mass is 9.95. The Balaban J connectivity index is 1.96. The van der Waals surface area contributed by atoms with Gasteiger partial charge in [0.05, 0.1) is 21.9 Å². The Morgan fingerprint density at radius 1 is 1.12 bits per heavy atom. The van der Waals surface area contributed by atoms with Crippen LogP contribution in [0, 0.1) is 11.5 Å². The molecule has 0 unspecified atom stereocenters. The van der Waals surface area contributed by atoms with E-state index in [1.54, 1.807) is 11.1 Å². The first-order valence-electron chi connectivity index (χ1n) is 7.95. The molecule has 0 radical (unpaired) electrons. The van der Waals surface area contributed by atoms with Crippen LogP contribution in [0.5, 0.6) is 0 Å². The molecular weight excluding hydrogens is 332 g/mol. The van der Waals surface area contributed by atoms with Crippen molar-refractivity contribution in [3.8, 4) is 6.19 Å². The fourth-order valence-corrected chi connectivity index (χ4v) is 3.43. The fourth-order valence-electron chi connectivity index (χ4n) is 3.20. The van der Waals surface area contributed by atoms with Gasteiger partial charge >= 0.3 is 0 Å². The number of aromatic nitrogens is 1. The van der Waals surface area contributed by atoms with Crippen LogP contribution >= 0.6 is 11.6 Å². The monoisotopic (exact) mass is 346 g/mol. The third-order valence-corrected chi connectivity index (χ3v) is 4.67. The van der Waals surface area contributed by atoms with Gasteiger partial charge in [0.1, 0.15) is 5.66 Å². The molecule has 3 aromatic rings. The first kappa shape index (κ1) is 15.6. The van der Waals surface area contributed by atoms with Crippen LogP contribution < -0.4 is 4.90 Å². The molecule has 0 saturated heterocycles. The lowest BCUT2D eigenvalue weighted by Gasteiger charge is -2.37. The molecule has 2 aromatic carbocycles. The molecule has 0 atom stereocenters. The van der Waals surface area contributed by atoms with Crippen molar-refractivity contribution < 1.29 is 0 Å². The lowest BCUT2D eigenvalue weighted by Crippen LogP contribution is -2.43. The van der Waals surface area contributed by atoms with E-state index >= 15 is 0 Å². The van der Waals surface area contributed by atoms with Crippen molar-refractivity contribution in [1.29, 1.82) is 5.26 Å². The Kier molecular flexibility index (Phi) is 3.48. The van der Waals surface area contributed by atoms with Crippen molar-refractivity contribution in [2.75, 3.05) is 4.90 Å². The summed E-state index contributed by atoms with van der Waals surface area (Å²) in [6.07, 6.45) is 4.05. The molecule has 1 aliphatic rings. The van der Waals surface area contributed by atoms with Crippen molar-refractivity contribution >= 4 is 33.9 Å². The predicted molar refractivity (Wildman–Crippen MR) is 101 cm³/mol. The van der Waals surface area contributed by atoms with E-state index in [1.807, 2.05) is 62.4 Å². The summed E-state index contributed by atoms with van der Waals surface area (Å²) in [5.74, 6) is 0. The summed E-state index contributed by atoms with van der Waals surface area (Å²) in [4.78, 5) is 11.0. The molecule has 0 bridgehead atoms. The highest BCUT2D eigenvalue weighted by atomic mass is 35.5. The second kappa shape index (κ2) is 5.58. The Morgan fingerprint density at radius 3 is 2.72 bits per heavy atom. The zero-order valence-electron chi connectivity index (χ0n) is 13.9. The van der Waals surface area contributed by atoms with Crippen molar-refractivity contribution in [3.05, 3.63) is 70.9 Å². The second-order valence-electron chi connectivity index (χ2n) is 6.44. The third-order valence-electron chi connectivity index (χ3n) is 4.37. The summed E-state index contributed by atoms with van der Waals surface area (Å²) in [7, 11) is 0. The summed E-state index contributed by atoms with van der Waals surface area (Å²) in [6, 6.07) is 15.6. The van der Waals surface area contributed by atoms with Crippen LogP contribution in [0.1, 0.15) is 25.0 Å². The number of aliphatic imine (C=N–C) groups is 1. The molecular formula is C20H15ClN4. The van der Waals surface area contributed by atoms with Gasteiger partial charge in [-0.2, -0.15) is 5.26 Å². The molecule has 4 nitrogen and oxygen atoms in total. The summed E-state index contributed by atoms with van der Waals surface area (Å²) in [5, 5.41) is 11.2. The van der Waals surface area contributed by atoms with Crippen LogP contribution in [0.4, 0.5) is 5.69 Å². The Morgan fingerprint density at radius 2 is 1.92 bits per heavy atom. The first-order chi connectivity index (χ1) is 12.0. The molecule has 0 N–H and O–H groups in total. The zero-order valence-corrected chi connectivity index (χ0v) is 14.6. The lowest BCUT2D eigenvalue weighted by molar-refractivity contribution is 0.529. The summed E-state index contributed by atoms with van der Waals surface area (Å²) >= 11 is 6.22. The quantitative estimate of drug-likeness (QED) is 0.597. The SMILES string of the molecule is CC1(C)N=C(c2cnc3c(Cl)cccc3c2)c2ccccc2N1C#N. The number of hydrogen-bond acceptors (Lipinski definition) is 4. The third kappa shape index (κ3) is 2.45. The van der Waals surface area contributed by atoms with Gasteiger partial charge in [-0.05, 0) is 32.0 Å². The average molecular weight is 347 g/mol. The molecule has 25 heavy (non-hydrogen) atoms. The standard InChI is InChI=1S/C20H15ClN4/c1-20(2)24-18(15-7-3-4-9-17(15)25(20)12-22)14-10-13-6-5-8-16(21)19(13)23-11-14/h3-11H,1-2H3. The van der Waals surface area contributed by atoms with E-state index in [0.717, 1.165) is 33.4 Å². The van der Waals surface area contributed by atoms with Gasteiger partial charge in [0.2, 0.25) is 0 Å². The van der Waals surface area contributed by atoms with E-state index in [1.165, 1.54) is 0 Å². The molecule has 0 spiro atoms. The van der Waals surface area contributed by atoms with E-state index in [0.29, 0.717) is 5.02 Å². The smallest absolute Gasteiger partial charge is 0.186 e. The van der Waals surface area contributed by atoms with Gasteiger partial charge in [-0.25, -0.2) is 0 Å². The number of hydrogen-bond donors (Lipinski definition) is 0. The normalized spacial score (nSPS) is 15.4. The van der Waals surface area contributed by atoms with Crippen molar-refractivity contribution in [2.45, 2.75) is 19.5 Å². The minimum absolute atomic E-state index is 0.631. The summed E-state index contributed by atoms with van der Waals surface area (Å²) in [5.41, 5.74) is 3.63. The number of halogens is 1. The van der Waals surface area contributed by atoms with Crippen LogP contribution in [-0.4, -0.2) is 16.4 Å². The average Bonchev–Trinajstić information content (AvgIpc) is 2.60. The summed E-state index contributed by atoms with van der Waals surface area (Å²) in [6.45, 7) is 3.86. The van der Waals surface area contributed by atoms with Crippen LogP contribution in [0.25, 0.3) is 10.9 Å². The molecule has 0 amide bonds. The maximum absolute atomic E-state index is 9.58. The van der Waals surface area contributed by atoms with Gasteiger partial charge in [-0.15, -0.1) is 0 Å². The second-order valence-corrected chi connectivity index (χ2v) is 6.85. The number of rotatable bonds is 1. The van der Waals surface area contributed by atoms with Gasteiger partial charge in [0.25, 0.3) is 0 Å². The minimum atomic E-state index is -0.665. The molecule has 4 rings (SSSR count). The van der Waals surface area contributed by atoms with Gasteiger partial charge in [-0.3, -0.25) is 14.9 Å². The maximum atomic E-state index is 9.58. The number of pyridine rings is 1. The predicted octanol–water partition coefficient (Wildman–Crippen LogP) is 4.76. The first-order valence-corrected chi connectivity index (χ1v) is 8.33.